The van der Waals surface area contributed by atoms with E-state index in [0.717, 1.165) is 12.8 Å². The van der Waals surface area contributed by atoms with E-state index in [0.29, 0.717) is 21.5 Å². The van der Waals surface area contributed by atoms with E-state index in [1.165, 1.54) is 0 Å². The minimum Gasteiger partial charge on any atom is -0.378 e. The van der Waals surface area contributed by atoms with Crippen molar-refractivity contribution in [1.82, 2.24) is 5.32 Å². The Morgan fingerprint density at radius 2 is 1.89 bits per heavy atom. The van der Waals surface area contributed by atoms with Gasteiger partial charge in [0.25, 0.3) is 5.91 Å². The summed E-state index contributed by atoms with van der Waals surface area (Å²) < 4.78 is 0. The Labute approximate surface area is 116 Å². The van der Waals surface area contributed by atoms with Gasteiger partial charge in [-0.2, -0.15) is 0 Å². The van der Waals surface area contributed by atoms with Crippen molar-refractivity contribution in [2.24, 2.45) is 5.92 Å². The lowest BCUT2D eigenvalue weighted by Gasteiger charge is -2.17. The zero-order chi connectivity index (χ0) is 13.3. The quantitative estimate of drug-likeness (QED) is 0.895. The molecule has 1 amide bonds. The van der Waals surface area contributed by atoms with Gasteiger partial charge < -0.3 is 10.4 Å². The normalized spacial score (nSPS) is 18.2. The van der Waals surface area contributed by atoms with E-state index in [2.05, 4.69) is 5.32 Å². The maximum atomic E-state index is 11.9. The average molecular weight is 288 g/mol. The van der Waals surface area contributed by atoms with Crippen molar-refractivity contribution in [2.75, 3.05) is 0 Å². The Morgan fingerprint density at radius 1 is 1.33 bits per heavy atom. The van der Waals surface area contributed by atoms with Crippen LogP contribution in [-0.2, 0) is 4.79 Å². The second kappa shape index (κ2) is 5.47. The monoisotopic (exact) mass is 287 g/mol. The molecule has 0 aromatic heterocycles. The van der Waals surface area contributed by atoms with Gasteiger partial charge >= 0.3 is 0 Å². The standard InChI is InChI=1S/C13H15Cl2NO2/c1-7(8-2-3-8)16-13(18)12(17)9-4-10(14)6-11(15)5-9/h4-8,12,17H,2-3H2,1H3,(H,16,18). The first kappa shape index (κ1) is 13.7. The molecule has 2 atom stereocenters. The second-order valence-corrected chi connectivity index (χ2v) is 5.61. The number of aliphatic hydroxyl groups excluding tert-OH is 1. The summed E-state index contributed by atoms with van der Waals surface area (Å²) in [5, 5.41) is 13.6. The van der Waals surface area contributed by atoms with Gasteiger partial charge in [-0.3, -0.25) is 4.79 Å². The fourth-order valence-electron chi connectivity index (χ4n) is 1.90. The number of carbonyl (C=O) groups excluding carboxylic acids is 1. The highest BCUT2D eigenvalue weighted by atomic mass is 35.5. The maximum Gasteiger partial charge on any atom is 0.253 e. The molecule has 1 saturated carbocycles. The zero-order valence-electron chi connectivity index (χ0n) is 9.99. The summed E-state index contributed by atoms with van der Waals surface area (Å²) in [5.41, 5.74) is 0.410. The SMILES string of the molecule is CC(NC(=O)C(O)c1cc(Cl)cc(Cl)c1)C1CC1. The van der Waals surface area contributed by atoms with E-state index in [4.69, 9.17) is 23.2 Å². The summed E-state index contributed by atoms with van der Waals surface area (Å²) in [6.07, 6.45) is 1.04. The van der Waals surface area contributed by atoms with Crippen LogP contribution >= 0.6 is 23.2 Å². The number of carbonyl (C=O) groups is 1. The number of rotatable bonds is 4. The summed E-state index contributed by atoms with van der Waals surface area (Å²) in [6.45, 7) is 1.95. The Hall–Kier alpha value is -0.770. The molecule has 1 aliphatic carbocycles. The smallest absolute Gasteiger partial charge is 0.253 e. The molecule has 0 radical (unpaired) electrons. The lowest BCUT2D eigenvalue weighted by Crippen LogP contribution is -2.37. The molecule has 1 aliphatic rings. The largest absolute Gasteiger partial charge is 0.378 e. The molecular formula is C13H15Cl2NO2. The molecule has 0 aliphatic heterocycles. The van der Waals surface area contributed by atoms with Crippen LogP contribution in [0.3, 0.4) is 0 Å². The minimum absolute atomic E-state index is 0.0989. The predicted octanol–water partition coefficient (Wildman–Crippen LogP) is 2.94. The summed E-state index contributed by atoms with van der Waals surface area (Å²) >= 11 is 11.7. The molecule has 0 saturated heterocycles. The highest BCUT2D eigenvalue weighted by Crippen LogP contribution is 2.32. The third kappa shape index (κ3) is 3.37. The predicted molar refractivity (Wildman–Crippen MR) is 71.8 cm³/mol. The van der Waals surface area contributed by atoms with Crippen LogP contribution in [0.5, 0.6) is 0 Å². The first-order valence-corrected chi connectivity index (χ1v) is 6.67. The Balaban J connectivity index is 2.04. The van der Waals surface area contributed by atoms with Crippen LogP contribution in [0.15, 0.2) is 18.2 Å². The molecule has 3 nitrogen and oxygen atoms in total. The molecule has 0 spiro atoms. The number of aliphatic hydroxyl groups is 1. The van der Waals surface area contributed by atoms with Crippen molar-refractivity contribution in [1.29, 1.82) is 0 Å². The van der Waals surface area contributed by atoms with Crippen LogP contribution in [0.25, 0.3) is 0 Å². The van der Waals surface area contributed by atoms with Crippen LogP contribution in [0.2, 0.25) is 10.0 Å². The molecule has 98 valence electrons. The molecule has 2 unspecified atom stereocenters. The maximum absolute atomic E-state index is 11.9. The van der Waals surface area contributed by atoms with Gasteiger partial charge in [0, 0.05) is 16.1 Å². The van der Waals surface area contributed by atoms with E-state index < -0.39 is 12.0 Å². The summed E-state index contributed by atoms with van der Waals surface area (Å²) in [7, 11) is 0. The van der Waals surface area contributed by atoms with Gasteiger partial charge in [-0.15, -0.1) is 0 Å². The van der Waals surface area contributed by atoms with Gasteiger partial charge in [-0.25, -0.2) is 0 Å². The third-order valence-corrected chi connectivity index (χ3v) is 3.58. The van der Waals surface area contributed by atoms with Gasteiger partial charge in [-0.1, -0.05) is 23.2 Å². The molecule has 0 heterocycles. The number of amides is 1. The van der Waals surface area contributed by atoms with Crippen molar-refractivity contribution in [3.8, 4) is 0 Å². The van der Waals surface area contributed by atoms with Crippen LogP contribution in [0, 0.1) is 5.92 Å². The lowest BCUT2D eigenvalue weighted by molar-refractivity contribution is -0.130. The Kier molecular flexibility index (Phi) is 4.15. The van der Waals surface area contributed by atoms with Crippen LogP contribution in [0.4, 0.5) is 0 Å². The molecule has 1 fully saturated rings. The fourth-order valence-corrected chi connectivity index (χ4v) is 2.44. The molecular weight excluding hydrogens is 273 g/mol. The van der Waals surface area contributed by atoms with Gasteiger partial charge in [0.05, 0.1) is 0 Å². The topological polar surface area (TPSA) is 49.3 Å². The lowest BCUT2D eigenvalue weighted by atomic mass is 10.1. The zero-order valence-corrected chi connectivity index (χ0v) is 11.5. The second-order valence-electron chi connectivity index (χ2n) is 4.74. The van der Waals surface area contributed by atoms with Crippen molar-refractivity contribution in [2.45, 2.75) is 31.9 Å². The molecule has 5 heteroatoms. The molecule has 0 bridgehead atoms. The van der Waals surface area contributed by atoms with Gasteiger partial charge in [-0.05, 0) is 49.4 Å². The van der Waals surface area contributed by atoms with Crippen LogP contribution < -0.4 is 5.32 Å². The highest BCUT2D eigenvalue weighted by molar-refractivity contribution is 6.34. The van der Waals surface area contributed by atoms with Gasteiger partial charge in [0.2, 0.25) is 0 Å². The number of hydrogen-bond acceptors (Lipinski definition) is 2. The Bertz CT molecular complexity index is 440. The first-order valence-electron chi connectivity index (χ1n) is 5.92. The van der Waals surface area contributed by atoms with E-state index in [-0.39, 0.29) is 6.04 Å². The molecule has 2 N–H and O–H groups in total. The first-order chi connectivity index (χ1) is 8.47. The van der Waals surface area contributed by atoms with Crippen molar-refractivity contribution in [3.05, 3.63) is 33.8 Å². The van der Waals surface area contributed by atoms with Crippen molar-refractivity contribution < 1.29 is 9.90 Å². The van der Waals surface area contributed by atoms with E-state index >= 15 is 0 Å². The number of nitrogens with one attached hydrogen (secondary N) is 1. The van der Waals surface area contributed by atoms with Gasteiger partial charge in [0.1, 0.15) is 0 Å². The van der Waals surface area contributed by atoms with Gasteiger partial charge in [0.15, 0.2) is 6.10 Å². The Morgan fingerprint density at radius 3 is 2.39 bits per heavy atom. The van der Waals surface area contributed by atoms with E-state index in [1.54, 1.807) is 18.2 Å². The molecule has 1 aromatic rings. The van der Waals surface area contributed by atoms with E-state index in [1.807, 2.05) is 6.92 Å². The van der Waals surface area contributed by atoms with E-state index in [9.17, 15) is 9.90 Å². The summed E-state index contributed by atoms with van der Waals surface area (Å²) in [6, 6.07) is 4.74. The van der Waals surface area contributed by atoms with Crippen LogP contribution in [0.1, 0.15) is 31.4 Å². The number of benzene rings is 1. The molecule has 18 heavy (non-hydrogen) atoms. The fraction of sp³-hybridized carbons (Fsp3) is 0.462. The minimum atomic E-state index is -1.23. The summed E-state index contributed by atoms with van der Waals surface area (Å²) in [4.78, 5) is 11.9. The summed E-state index contributed by atoms with van der Waals surface area (Å²) in [5.74, 6) is 0.136. The molecule has 2 rings (SSSR count). The third-order valence-electron chi connectivity index (χ3n) is 3.15. The van der Waals surface area contributed by atoms with Crippen molar-refractivity contribution in [3.63, 3.8) is 0 Å². The average Bonchev–Trinajstić information content (AvgIpc) is 3.10. The highest BCUT2D eigenvalue weighted by Gasteiger charge is 2.30. The number of halogens is 2. The van der Waals surface area contributed by atoms with Crippen molar-refractivity contribution >= 4 is 29.1 Å². The number of hydrogen-bond donors (Lipinski definition) is 2. The van der Waals surface area contributed by atoms with Crippen LogP contribution in [-0.4, -0.2) is 17.1 Å². The molecule has 1 aromatic carbocycles.